The van der Waals surface area contributed by atoms with Crippen molar-refractivity contribution in [3.63, 3.8) is 0 Å². The summed E-state index contributed by atoms with van der Waals surface area (Å²) in [5, 5.41) is 0. The van der Waals surface area contributed by atoms with Crippen molar-refractivity contribution in [2.45, 2.75) is 31.2 Å². The Balaban J connectivity index is 2.27. The molecule has 1 N–H and O–H groups in total. The molecule has 0 aliphatic heterocycles. The molecular weight excluding hydrogens is 362 g/mol. The molecular formula is C21H25NO4S. The number of sulfonamides is 1. The van der Waals surface area contributed by atoms with Crippen LogP contribution < -0.4 is 4.72 Å². The molecule has 0 radical (unpaired) electrons. The smallest absolute Gasteiger partial charge is 0.309 e. The van der Waals surface area contributed by atoms with Gasteiger partial charge in [-0.3, -0.25) is 4.79 Å². The Kier molecular flexibility index (Phi) is 7.33. The molecule has 0 aliphatic carbocycles. The van der Waals surface area contributed by atoms with Gasteiger partial charge in [0.05, 0.1) is 24.5 Å². The molecule has 0 aliphatic rings. The van der Waals surface area contributed by atoms with Gasteiger partial charge in [0, 0.05) is 0 Å². The van der Waals surface area contributed by atoms with Crippen molar-refractivity contribution in [3.8, 4) is 0 Å². The predicted molar refractivity (Wildman–Crippen MR) is 106 cm³/mol. The highest BCUT2D eigenvalue weighted by molar-refractivity contribution is 7.89. The molecule has 144 valence electrons. The maximum atomic E-state index is 12.9. The first kappa shape index (κ1) is 20.9. The second kappa shape index (κ2) is 9.48. The number of esters is 1. The largest absolute Gasteiger partial charge is 0.469 e. The van der Waals surface area contributed by atoms with E-state index in [0.29, 0.717) is 0 Å². The van der Waals surface area contributed by atoms with Crippen LogP contribution in [0.3, 0.4) is 0 Å². The fourth-order valence-corrected chi connectivity index (χ4v) is 3.98. The second-order valence-electron chi connectivity index (χ2n) is 6.39. The first-order valence-corrected chi connectivity index (χ1v) is 10.2. The van der Waals surface area contributed by atoms with Crippen LogP contribution in [-0.2, 0) is 19.6 Å². The Morgan fingerprint density at radius 1 is 1.11 bits per heavy atom. The van der Waals surface area contributed by atoms with Crippen LogP contribution in [0.5, 0.6) is 0 Å². The Morgan fingerprint density at radius 2 is 1.74 bits per heavy atom. The zero-order valence-electron chi connectivity index (χ0n) is 15.8. The highest BCUT2D eigenvalue weighted by Gasteiger charge is 2.24. The highest BCUT2D eigenvalue weighted by Crippen LogP contribution is 2.26. The number of carbonyl (C=O) groups is 1. The lowest BCUT2D eigenvalue weighted by Gasteiger charge is -2.23. The molecule has 0 aromatic heterocycles. The number of aryl methyl sites for hydroxylation is 1. The lowest BCUT2D eigenvalue weighted by atomic mass is 9.95. The summed E-state index contributed by atoms with van der Waals surface area (Å²) in [6.07, 6.45) is 3.67. The summed E-state index contributed by atoms with van der Waals surface area (Å²) >= 11 is 0. The summed E-state index contributed by atoms with van der Waals surface area (Å²) in [6.45, 7) is 3.81. The Bertz CT molecular complexity index is 874. The Labute approximate surface area is 161 Å². The molecule has 6 heteroatoms. The van der Waals surface area contributed by atoms with Gasteiger partial charge in [0.1, 0.15) is 0 Å². The molecule has 0 unspecified atom stereocenters. The minimum atomic E-state index is -3.69. The van der Waals surface area contributed by atoms with Crippen LogP contribution in [0, 0.1) is 12.8 Å². The van der Waals surface area contributed by atoms with E-state index in [0.717, 1.165) is 11.1 Å². The SMILES string of the molecule is COC(=O)C/C=C/[C@H](C)[C@@H](NS(=O)(=O)c1ccc(C)cc1)c1ccccc1. The van der Waals surface area contributed by atoms with Crippen molar-refractivity contribution in [3.05, 3.63) is 77.9 Å². The van der Waals surface area contributed by atoms with Crippen LogP contribution >= 0.6 is 0 Å². The first-order valence-electron chi connectivity index (χ1n) is 8.71. The van der Waals surface area contributed by atoms with Gasteiger partial charge in [-0.1, -0.05) is 67.1 Å². The van der Waals surface area contributed by atoms with Gasteiger partial charge >= 0.3 is 5.97 Å². The van der Waals surface area contributed by atoms with Crippen molar-refractivity contribution in [1.29, 1.82) is 0 Å². The number of ether oxygens (including phenoxy) is 1. The van der Waals surface area contributed by atoms with E-state index in [1.165, 1.54) is 7.11 Å². The third-order valence-electron chi connectivity index (χ3n) is 4.25. The molecule has 2 atom stereocenters. The van der Waals surface area contributed by atoms with Crippen LogP contribution in [0.1, 0.15) is 30.5 Å². The van der Waals surface area contributed by atoms with Gasteiger partial charge in [-0.05, 0) is 30.5 Å². The van der Waals surface area contributed by atoms with Crippen molar-refractivity contribution in [2.24, 2.45) is 5.92 Å². The van der Waals surface area contributed by atoms with Crippen LogP contribution in [0.25, 0.3) is 0 Å². The minimum Gasteiger partial charge on any atom is -0.469 e. The molecule has 2 aromatic carbocycles. The van der Waals surface area contributed by atoms with E-state index < -0.39 is 16.1 Å². The summed E-state index contributed by atoms with van der Waals surface area (Å²) in [7, 11) is -2.36. The molecule has 0 saturated heterocycles. The monoisotopic (exact) mass is 387 g/mol. The predicted octanol–water partition coefficient (Wildman–Crippen LogP) is 3.77. The van der Waals surface area contributed by atoms with E-state index >= 15 is 0 Å². The highest BCUT2D eigenvalue weighted by atomic mass is 32.2. The molecule has 2 aromatic rings. The normalized spacial score (nSPS) is 14.0. The zero-order chi connectivity index (χ0) is 19.9. The van der Waals surface area contributed by atoms with Crippen molar-refractivity contribution < 1.29 is 17.9 Å². The maximum absolute atomic E-state index is 12.9. The third kappa shape index (κ3) is 6.05. The quantitative estimate of drug-likeness (QED) is 0.553. The van der Waals surface area contributed by atoms with Gasteiger partial charge in [-0.15, -0.1) is 0 Å². The third-order valence-corrected chi connectivity index (χ3v) is 5.71. The molecule has 0 fully saturated rings. The lowest BCUT2D eigenvalue weighted by molar-refractivity contribution is -0.139. The topological polar surface area (TPSA) is 72.5 Å². The number of rotatable bonds is 8. The van der Waals surface area contributed by atoms with Gasteiger partial charge < -0.3 is 4.74 Å². The average Bonchev–Trinajstić information content (AvgIpc) is 2.67. The molecule has 0 saturated carbocycles. The fourth-order valence-electron chi connectivity index (χ4n) is 2.67. The Hall–Kier alpha value is -2.44. The van der Waals surface area contributed by atoms with Gasteiger partial charge in [-0.25, -0.2) is 13.1 Å². The summed E-state index contributed by atoms with van der Waals surface area (Å²) < 4.78 is 33.1. The van der Waals surface area contributed by atoms with Crippen LogP contribution in [-0.4, -0.2) is 21.5 Å². The average molecular weight is 388 g/mol. The molecule has 2 rings (SSSR count). The molecule has 5 nitrogen and oxygen atoms in total. The number of hydrogen-bond donors (Lipinski definition) is 1. The summed E-state index contributed by atoms with van der Waals surface area (Å²) in [5.74, 6) is -0.507. The van der Waals surface area contributed by atoms with E-state index in [9.17, 15) is 13.2 Å². The molecule has 0 bridgehead atoms. The van der Waals surface area contributed by atoms with Crippen LogP contribution in [0.15, 0.2) is 71.6 Å². The minimum absolute atomic E-state index is 0.146. The second-order valence-corrected chi connectivity index (χ2v) is 8.10. The van der Waals surface area contributed by atoms with Crippen molar-refractivity contribution in [1.82, 2.24) is 4.72 Å². The fraction of sp³-hybridized carbons (Fsp3) is 0.286. The van der Waals surface area contributed by atoms with E-state index in [2.05, 4.69) is 9.46 Å². The van der Waals surface area contributed by atoms with Crippen molar-refractivity contribution >= 4 is 16.0 Å². The number of carbonyl (C=O) groups excluding carboxylic acids is 1. The van der Waals surface area contributed by atoms with Crippen LogP contribution in [0.2, 0.25) is 0 Å². The summed E-state index contributed by atoms with van der Waals surface area (Å²) in [4.78, 5) is 11.5. The first-order chi connectivity index (χ1) is 12.8. The van der Waals surface area contributed by atoms with Gasteiger partial charge in [-0.2, -0.15) is 0 Å². The lowest BCUT2D eigenvalue weighted by Crippen LogP contribution is -2.32. The zero-order valence-corrected chi connectivity index (χ0v) is 16.6. The molecule has 0 spiro atoms. The number of methoxy groups -OCH3 is 1. The maximum Gasteiger partial charge on any atom is 0.309 e. The Morgan fingerprint density at radius 3 is 2.33 bits per heavy atom. The van der Waals surface area contributed by atoms with E-state index in [-0.39, 0.29) is 23.2 Å². The number of hydrogen-bond acceptors (Lipinski definition) is 4. The number of benzene rings is 2. The standard InChI is InChI=1S/C21H25NO4S/c1-16-12-14-19(15-13-16)27(24,25)22-21(18-9-5-4-6-10-18)17(2)8-7-11-20(23)26-3/h4-10,12-15,17,21-22H,11H2,1-3H3/b8-7+/t17-,21+/m0/s1. The van der Waals surface area contributed by atoms with Crippen LogP contribution in [0.4, 0.5) is 0 Å². The van der Waals surface area contributed by atoms with E-state index in [4.69, 9.17) is 0 Å². The van der Waals surface area contributed by atoms with E-state index in [1.807, 2.05) is 50.3 Å². The summed E-state index contributed by atoms with van der Waals surface area (Å²) in [5.41, 5.74) is 1.84. The van der Waals surface area contributed by atoms with Gasteiger partial charge in [0.25, 0.3) is 0 Å². The van der Waals surface area contributed by atoms with Crippen molar-refractivity contribution in [2.75, 3.05) is 7.11 Å². The molecule has 0 heterocycles. The van der Waals surface area contributed by atoms with E-state index in [1.54, 1.807) is 30.3 Å². The van der Waals surface area contributed by atoms with Gasteiger partial charge in [0.2, 0.25) is 10.0 Å². The number of nitrogens with one attached hydrogen (secondary N) is 1. The summed E-state index contributed by atoms with van der Waals surface area (Å²) in [6, 6.07) is 15.6. The molecule has 27 heavy (non-hydrogen) atoms. The molecule has 0 amide bonds. The van der Waals surface area contributed by atoms with Gasteiger partial charge in [0.15, 0.2) is 0 Å².